The van der Waals surface area contributed by atoms with Gasteiger partial charge in [-0.2, -0.15) is 0 Å². The average Bonchev–Trinajstić information content (AvgIpc) is 3.62. The van der Waals surface area contributed by atoms with Crippen molar-refractivity contribution in [2.45, 2.75) is 32.4 Å². The maximum atomic E-state index is 13.7. The zero-order valence-electron chi connectivity index (χ0n) is 23.3. The number of ether oxygens (including phenoxy) is 5. The third-order valence-electron chi connectivity index (χ3n) is 6.98. The SMILES string of the molecule is COC(=O)c1sc(N2C(=O)C(=O)/C(=C(/O)c3ccc4c(c3)CC(C)O4)C2c2cc(OC)c(OC)c(OC)c2)nc1C. The molecule has 2 atom stereocenters. The summed E-state index contributed by atoms with van der Waals surface area (Å²) in [5.41, 5.74) is 1.77. The van der Waals surface area contributed by atoms with Crippen molar-refractivity contribution in [2.24, 2.45) is 0 Å². The molecule has 214 valence electrons. The first kappa shape index (κ1) is 28.0. The number of esters is 1. The third-order valence-corrected chi connectivity index (χ3v) is 8.12. The summed E-state index contributed by atoms with van der Waals surface area (Å²) in [4.78, 5) is 45.4. The highest BCUT2D eigenvalue weighted by Gasteiger charge is 2.49. The highest BCUT2D eigenvalue weighted by Crippen LogP contribution is 2.48. The summed E-state index contributed by atoms with van der Waals surface area (Å²) in [5.74, 6) is -1.27. The summed E-state index contributed by atoms with van der Waals surface area (Å²) < 4.78 is 27.1. The zero-order valence-corrected chi connectivity index (χ0v) is 24.1. The predicted molar refractivity (Wildman–Crippen MR) is 149 cm³/mol. The van der Waals surface area contributed by atoms with E-state index in [1.54, 1.807) is 37.3 Å². The smallest absolute Gasteiger partial charge is 0.350 e. The van der Waals surface area contributed by atoms with E-state index in [0.29, 0.717) is 34.7 Å². The van der Waals surface area contributed by atoms with Gasteiger partial charge in [0.05, 0.1) is 45.7 Å². The van der Waals surface area contributed by atoms with Gasteiger partial charge in [0.1, 0.15) is 22.5 Å². The van der Waals surface area contributed by atoms with E-state index < -0.39 is 23.7 Å². The minimum Gasteiger partial charge on any atom is -0.507 e. The number of hydrogen-bond acceptors (Lipinski definition) is 11. The Morgan fingerprint density at radius 3 is 2.37 bits per heavy atom. The molecule has 1 amide bonds. The number of benzene rings is 2. The number of ketones is 1. The Kier molecular flexibility index (Phi) is 7.35. The lowest BCUT2D eigenvalue weighted by Crippen LogP contribution is -2.29. The fourth-order valence-corrected chi connectivity index (χ4v) is 6.11. The normalized spacial score (nSPS) is 19.1. The van der Waals surface area contributed by atoms with Gasteiger partial charge in [0.2, 0.25) is 5.75 Å². The van der Waals surface area contributed by atoms with Gasteiger partial charge in [-0.1, -0.05) is 11.3 Å². The molecule has 2 aliphatic heterocycles. The molecule has 2 aliphatic rings. The third kappa shape index (κ3) is 4.63. The Balaban J connectivity index is 1.75. The Morgan fingerprint density at radius 1 is 1.07 bits per heavy atom. The molecule has 12 heteroatoms. The lowest BCUT2D eigenvalue weighted by atomic mass is 9.94. The molecule has 2 unspecified atom stereocenters. The van der Waals surface area contributed by atoms with E-state index in [1.165, 1.54) is 28.4 Å². The summed E-state index contributed by atoms with van der Waals surface area (Å²) in [6, 6.07) is 7.15. The zero-order chi connectivity index (χ0) is 29.6. The molecule has 0 aliphatic carbocycles. The Labute approximate surface area is 239 Å². The van der Waals surface area contributed by atoms with Gasteiger partial charge in [-0.15, -0.1) is 0 Å². The Morgan fingerprint density at radius 2 is 1.76 bits per heavy atom. The van der Waals surface area contributed by atoms with E-state index in [4.69, 9.17) is 23.7 Å². The predicted octanol–water partition coefficient (Wildman–Crippen LogP) is 4.21. The fourth-order valence-electron chi connectivity index (χ4n) is 5.10. The summed E-state index contributed by atoms with van der Waals surface area (Å²) in [6.45, 7) is 3.54. The fraction of sp³-hybridized carbons (Fsp3) is 0.310. The van der Waals surface area contributed by atoms with Crippen molar-refractivity contribution in [3.63, 3.8) is 0 Å². The van der Waals surface area contributed by atoms with Crippen LogP contribution in [0.5, 0.6) is 23.0 Å². The molecule has 11 nitrogen and oxygen atoms in total. The van der Waals surface area contributed by atoms with Crippen LogP contribution in [-0.2, 0) is 20.7 Å². The lowest BCUT2D eigenvalue weighted by Gasteiger charge is -2.24. The number of methoxy groups -OCH3 is 4. The Hall–Kier alpha value is -4.58. The molecule has 1 aromatic heterocycles. The van der Waals surface area contributed by atoms with Gasteiger partial charge in [-0.25, -0.2) is 9.78 Å². The van der Waals surface area contributed by atoms with E-state index in [1.807, 2.05) is 6.92 Å². The van der Waals surface area contributed by atoms with E-state index in [9.17, 15) is 19.5 Å². The van der Waals surface area contributed by atoms with Crippen LogP contribution in [0.25, 0.3) is 5.76 Å². The average molecular weight is 581 g/mol. The van der Waals surface area contributed by atoms with Crippen molar-refractivity contribution in [3.05, 3.63) is 63.2 Å². The molecule has 41 heavy (non-hydrogen) atoms. The topological polar surface area (TPSA) is 134 Å². The van der Waals surface area contributed by atoms with Crippen molar-refractivity contribution < 1.29 is 43.2 Å². The van der Waals surface area contributed by atoms with Gasteiger partial charge in [-0.05, 0) is 55.3 Å². The second-order valence-corrected chi connectivity index (χ2v) is 10.5. The van der Waals surface area contributed by atoms with Crippen LogP contribution in [0.15, 0.2) is 35.9 Å². The number of thiazole rings is 1. The highest BCUT2D eigenvalue weighted by atomic mass is 32.1. The number of amides is 1. The summed E-state index contributed by atoms with van der Waals surface area (Å²) >= 11 is 0.907. The Bertz CT molecular complexity index is 1580. The highest BCUT2D eigenvalue weighted by molar-refractivity contribution is 7.17. The number of aryl methyl sites for hydroxylation is 1. The maximum absolute atomic E-state index is 13.7. The molecule has 2 aromatic carbocycles. The second-order valence-electron chi connectivity index (χ2n) is 9.49. The summed E-state index contributed by atoms with van der Waals surface area (Å²) in [6.07, 6.45) is 0.611. The van der Waals surface area contributed by atoms with E-state index in [2.05, 4.69) is 4.98 Å². The van der Waals surface area contributed by atoms with Gasteiger partial charge >= 0.3 is 11.9 Å². The molecule has 1 N–H and O–H groups in total. The van der Waals surface area contributed by atoms with Crippen molar-refractivity contribution in [1.29, 1.82) is 0 Å². The molecule has 0 radical (unpaired) electrons. The number of anilines is 1. The monoisotopic (exact) mass is 580 g/mol. The van der Waals surface area contributed by atoms with Gasteiger partial charge < -0.3 is 28.8 Å². The largest absolute Gasteiger partial charge is 0.507 e. The lowest BCUT2D eigenvalue weighted by molar-refractivity contribution is -0.132. The van der Waals surface area contributed by atoms with E-state index >= 15 is 0 Å². The molecule has 5 rings (SSSR count). The molecular weight excluding hydrogens is 552 g/mol. The number of nitrogens with zero attached hydrogens (tertiary/aromatic N) is 2. The van der Waals surface area contributed by atoms with Crippen LogP contribution in [-0.4, -0.2) is 62.3 Å². The molecule has 3 heterocycles. The van der Waals surface area contributed by atoms with Crippen LogP contribution >= 0.6 is 11.3 Å². The standard InChI is InChI=1S/C29H28N2O9S/c1-13-9-16-10-15(7-8-18(16)40-13)23(32)21-22(17-11-19(36-3)25(38-5)20(12-17)37-4)31(27(34)24(21)33)29-30-14(2)26(41-29)28(35)39-6/h7-8,10-13,22,32H,9H2,1-6H3/b23-21+. The number of aliphatic hydroxyl groups excluding tert-OH is 1. The van der Waals surface area contributed by atoms with Gasteiger partial charge in [-0.3, -0.25) is 14.5 Å². The van der Waals surface area contributed by atoms with Crippen molar-refractivity contribution in [2.75, 3.05) is 33.3 Å². The molecule has 0 spiro atoms. The number of hydrogen-bond donors (Lipinski definition) is 1. The van der Waals surface area contributed by atoms with Gasteiger partial charge in [0.15, 0.2) is 16.6 Å². The van der Waals surface area contributed by atoms with Crippen LogP contribution in [0.1, 0.15) is 45.0 Å². The molecule has 1 fully saturated rings. The molecule has 0 saturated carbocycles. The van der Waals surface area contributed by atoms with Crippen molar-refractivity contribution >= 4 is 39.9 Å². The van der Waals surface area contributed by atoms with E-state index in [0.717, 1.165) is 21.8 Å². The number of carbonyl (C=O) groups is 3. The van der Waals surface area contributed by atoms with Crippen LogP contribution in [0.3, 0.4) is 0 Å². The number of aliphatic hydroxyl groups is 1. The molecular formula is C29H28N2O9S. The number of rotatable bonds is 7. The van der Waals surface area contributed by atoms with Crippen molar-refractivity contribution in [3.8, 4) is 23.0 Å². The second kappa shape index (κ2) is 10.8. The van der Waals surface area contributed by atoms with Gasteiger partial charge in [0.25, 0.3) is 5.78 Å². The molecule has 3 aromatic rings. The summed E-state index contributed by atoms with van der Waals surface area (Å²) in [7, 11) is 5.58. The molecule has 0 bridgehead atoms. The minimum atomic E-state index is -1.15. The first-order valence-electron chi connectivity index (χ1n) is 12.6. The van der Waals surface area contributed by atoms with Gasteiger partial charge in [0, 0.05) is 12.0 Å². The van der Waals surface area contributed by atoms with E-state index in [-0.39, 0.29) is 38.9 Å². The van der Waals surface area contributed by atoms with Crippen LogP contribution in [0.4, 0.5) is 5.13 Å². The first-order valence-corrected chi connectivity index (χ1v) is 13.4. The van der Waals surface area contributed by atoms with Crippen LogP contribution in [0, 0.1) is 6.92 Å². The minimum absolute atomic E-state index is 0.0237. The molecule has 1 saturated heterocycles. The van der Waals surface area contributed by atoms with Crippen molar-refractivity contribution in [1.82, 2.24) is 4.98 Å². The van der Waals surface area contributed by atoms with Crippen LogP contribution in [0.2, 0.25) is 0 Å². The summed E-state index contributed by atoms with van der Waals surface area (Å²) in [5, 5.41) is 11.7. The van der Waals surface area contributed by atoms with Crippen LogP contribution < -0.4 is 23.8 Å². The maximum Gasteiger partial charge on any atom is 0.350 e. The number of Topliss-reactive ketones (excluding diaryl/α,β-unsaturated/α-hetero) is 1. The number of aromatic nitrogens is 1. The first-order chi connectivity index (χ1) is 19.6. The number of carbonyl (C=O) groups excluding carboxylic acids is 3. The number of fused-ring (bicyclic) bond motifs is 1. The quantitative estimate of drug-likeness (QED) is 0.187.